The summed E-state index contributed by atoms with van der Waals surface area (Å²) in [6, 6.07) is 3.79. The smallest absolute Gasteiger partial charge is 0.207 e. The molecule has 100 valence electrons. The van der Waals surface area contributed by atoms with Crippen LogP contribution in [-0.2, 0) is 10.0 Å². The first-order valence-electron chi connectivity index (χ1n) is 5.49. The quantitative estimate of drug-likeness (QED) is 0.749. The van der Waals surface area contributed by atoms with Gasteiger partial charge < -0.3 is 0 Å². The average Bonchev–Trinajstić information content (AvgIpc) is 2.32. The van der Waals surface area contributed by atoms with Gasteiger partial charge in [0.05, 0.1) is 9.37 Å². The molecule has 0 spiro atoms. The van der Waals surface area contributed by atoms with E-state index in [2.05, 4.69) is 22.5 Å². The van der Waals surface area contributed by atoms with E-state index in [-0.39, 0.29) is 15.9 Å². The minimum atomic E-state index is -3.66. The third-order valence-electron chi connectivity index (χ3n) is 2.33. The second-order valence-electron chi connectivity index (χ2n) is 3.73. The van der Waals surface area contributed by atoms with Crippen LogP contribution in [0.3, 0.4) is 0 Å². The lowest BCUT2D eigenvalue weighted by Gasteiger charge is -2.20. The maximum atomic E-state index is 13.4. The SMILES string of the molecule is C=CCN(CCC)S(=O)(=O)c1ccc(Br)c(F)c1. The van der Waals surface area contributed by atoms with Crippen molar-refractivity contribution in [2.75, 3.05) is 13.1 Å². The molecule has 0 radical (unpaired) electrons. The molecular formula is C12H15BrFNO2S. The molecule has 0 heterocycles. The lowest BCUT2D eigenvalue weighted by Crippen LogP contribution is -2.32. The van der Waals surface area contributed by atoms with Gasteiger partial charge in [-0.15, -0.1) is 6.58 Å². The molecule has 0 bridgehead atoms. The molecule has 0 aliphatic rings. The molecule has 3 nitrogen and oxygen atoms in total. The van der Waals surface area contributed by atoms with E-state index in [4.69, 9.17) is 0 Å². The highest BCUT2D eigenvalue weighted by Gasteiger charge is 2.23. The van der Waals surface area contributed by atoms with Crippen LogP contribution in [0.15, 0.2) is 40.2 Å². The molecule has 6 heteroatoms. The third-order valence-corrected chi connectivity index (χ3v) is 4.84. The van der Waals surface area contributed by atoms with Gasteiger partial charge in [0.25, 0.3) is 0 Å². The summed E-state index contributed by atoms with van der Waals surface area (Å²) in [5.74, 6) is -0.592. The molecule has 0 saturated heterocycles. The summed E-state index contributed by atoms with van der Waals surface area (Å²) in [6.07, 6.45) is 2.20. The zero-order valence-electron chi connectivity index (χ0n) is 10.1. The number of rotatable bonds is 6. The monoisotopic (exact) mass is 335 g/mol. The van der Waals surface area contributed by atoms with E-state index in [0.717, 1.165) is 6.07 Å². The van der Waals surface area contributed by atoms with Gasteiger partial charge in [0.15, 0.2) is 0 Å². The number of halogens is 2. The normalized spacial score (nSPS) is 11.8. The van der Waals surface area contributed by atoms with Crippen molar-refractivity contribution in [1.82, 2.24) is 4.31 Å². The Hall–Kier alpha value is -0.720. The van der Waals surface area contributed by atoms with Crippen molar-refractivity contribution in [3.05, 3.63) is 41.1 Å². The fraction of sp³-hybridized carbons (Fsp3) is 0.333. The van der Waals surface area contributed by atoms with Crippen molar-refractivity contribution in [3.8, 4) is 0 Å². The van der Waals surface area contributed by atoms with Crippen LogP contribution in [0, 0.1) is 5.82 Å². The standard InChI is InChI=1S/C12H15BrFNO2S/c1-3-7-15(8-4-2)18(16,17)10-5-6-11(13)12(14)9-10/h3,5-6,9H,1,4,7-8H2,2H3. The highest BCUT2D eigenvalue weighted by Crippen LogP contribution is 2.22. The van der Waals surface area contributed by atoms with Crippen molar-refractivity contribution in [2.45, 2.75) is 18.2 Å². The topological polar surface area (TPSA) is 37.4 Å². The lowest BCUT2D eigenvalue weighted by molar-refractivity contribution is 0.441. The van der Waals surface area contributed by atoms with E-state index in [0.29, 0.717) is 13.0 Å². The van der Waals surface area contributed by atoms with Crippen molar-refractivity contribution in [1.29, 1.82) is 0 Å². The zero-order chi connectivity index (χ0) is 13.8. The maximum Gasteiger partial charge on any atom is 0.243 e. The third kappa shape index (κ3) is 3.40. The predicted molar refractivity (Wildman–Crippen MR) is 73.3 cm³/mol. The molecule has 1 aromatic rings. The molecule has 0 aliphatic carbocycles. The minimum Gasteiger partial charge on any atom is -0.207 e. The van der Waals surface area contributed by atoms with Gasteiger partial charge in [-0.1, -0.05) is 13.0 Å². The molecule has 1 rings (SSSR count). The fourth-order valence-electron chi connectivity index (χ4n) is 1.49. The summed E-state index contributed by atoms with van der Waals surface area (Å²) in [6.45, 7) is 6.01. The van der Waals surface area contributed by atoms with Gasteiger partial charge in [0.2, 0.25) is 10.0 Å². The van der Waals surface area contributed by atoms with Gasteiger partial charge in [0, 0.05) is 13.1 Å². The average molecular weight is 336 g/mol. The molecule has 0 saturated carbocycles. The van der Waals surface area contributed by atoms with Gasteiger partial charge in [-0.25, -0.2) is 12.8 Å². The van der Waals surface area contributed by atoms with E-state index < -0.39 is 15.8 Å². The van der Waals surface area contributed by atoms with Crippen LogP contribution in [0.4, 0.5) is 4.39 Å². The maximum absolute atomic E-state index is 13.4. The van der Waals surface area contributed by atoms with E-state index in [1.165, 1.54) is 22.5 Å². The highest BCUT2D eigenvalue weighted by molar-refractivity contribution is 9.10. The van der Waals surface area contributed by atoms with Crippen LogP contribution in [0.2, 0.25) is 0 Å². The summed E-state index contributed by atoms with van der Waals surface area (Å²) >= 11 is 3.00. The van der Waals surface area contributed by atoms with Crippen molar-refractivity contribution < 1.29 is 12.8 Å². The second kappa shape index (κ2) is 6.45. The molecule has 0 N–H and O–H groups in total. The Morgan fingerprint density at radius 1 is 1.50 bits per heavy atom. The molecule has 0 amide bonds. The highest BCUT2D eigenvalue weighted by atomic mass is 79.9. The van der Waals surface area contributed by atoms with Crippen LogP contribution < -0.4 is 0 Å². The number of hydrogen-bond donors (Lipinski definition) is 0. The predicted octanol–water partition coefficient (Wildman–Crippen LogP) is 3.17. The number of nitrogens with zero attached hydrogens (tertiary/aromatic N) is 1. The Kier molecular flexibility index (Phi) is 5.49. The van der Waals surface area contributed by atoms with Gasteiger partial charge in [0.1, 0.15) is 5.82 Å². The van der Waals surface area contributed by atoms with Gasteiger partial charge in [-0.05, 0) is 40.5 Å². The van der Waals surface area contributed by atoms with E-state index >= 15 is 0 Å². The Morgan fingerprint density at radius 2 is 2.17 bits per heavy atom. The van der Waals surface area contributed by atoms with E-state index in [1.807, 2.05) is 6.92 Å². The molecule has 0 atom stereocenters. The van der Waals surface area contributed by atoms with Gasteiger partial charge in [-0.3, -0.25) is 0 Å². The second-order valence-corrected chi connectivity index (χ2v) is 6.52. The molecule has 1 aromatic carbocycles. The van der Waals surface area contributed by atoms with Gasteiger partial charge >= 0.3 is 0 Å². The van der Waals surface area contributed by atoms with Crippen LogP contribution in [0.25, 0.3) is 0 Å². The number of benzene rings is 1. The van der Waals surface area contributed by atoms with Crippen LogP contribution in [0.5, 0.6) is 0 Å². The first-order chi connectivity index (χ1) is 8.43. The Labute approximate surface area is 115 Å². The summed E-state index contributed by atoms with van der Waals surface area (Å²) < 4.78 is 39.5. The minimum absolute atomic E-state index is 0.0431. The Balaban J connectivity index is 3.17. The zero-order valence-corrected chi connectivity index (χ0v) is 12.5. The molecule has 0 aliphatic heterocycles. The number of hydrogen-bond acceptors (Lipinski definition) is 2. The molecular weight excluding hydrogens is 321 g/mol. The Bertz CT molecular complexity index is 531. The van der Waals surface area contributed by atoms with Crippen LogP contribution in [-0.4, -0.2) is 25.8 Å². The van der Waals surface area contributed by atoms with Crippen molar-refractivity contribution in [3.63, 3.8) is 0 Å². The Morgan fingerprint density at radius 3 is 2.67 bits per heavy atom. The molecule has 0 aromatic heterocycles. The summed E-state index contributed by atoms with van der Waals surface area (Å²) in [5, 5.41) is 0. The summed E-state index contributed by atoms with van der Waals surface area (Å²) in [5.41, 5.74) is 0. The molecule has 0 fully saturated rings. The molecule has 0 unspecified atom stereocenters. The lowest BCUT2D eigenvalue weighted by atomic mass is 10.3. The van der Waals surface area contributed by atoms with Gasteiger partial charge in [-0.2, -0.15) is 4.31 Å². The summed E-state index contributed by atoms with van der Waals surface area (Å²) in [4.78, 5) is -0.0431. The molecule has 18 heavy (non-hydrogen) atoms. The van der Waals surface area contributed by atoms with Crippen LogP contribution >= 0.6 is 15.9 Å². The first-order valence-corrected chi connectivity index (χ1v) is 7.73. The first kappa shape index (κ1) is 15.3. The number of sulfonamides is 1. The van der Waals surface area contributed by atoms with Crippen molar-refractivity contribution in [2.24, 2.45) is 0 Å². The largest absolute Gasteiger partial charge is 0.243 e. The summed E-state index contributed by atoms with van der Waals surface area (Å²) in [7, 11) is -3.66. The van der Waals surface area contributed by atoms with Crippen molar-refractivity contribution >= 4 is 26.0 Å². The van der Waals surface area contributed by atoms with Crippen LogP contribution in [0.1, 0.15) is 13.3 Å². The fourth-order valence-corrected chi connectivity index (χ4v) is 3.25. The van der Waals surface area contributed by atoms with E-state index in [1.54, 1.807) is 0 Å². The van der Waals surface area contributed by atoms with E-state index in [9.17, 15) is 12.8 Å².